The summed E-state index contributed by atoms with van der Waals surface area (Å²) in [7, 11) is 0. The van der Waals surface area contributed by atoms with Crippen LogP contribution in [0.5, 0.6) is 0 Å². The van der Waals surface area contributed by atoms with Gasteiger partial charge in [-0.2, -0.15) is 4.98 Å². The Morgan fingerprint density at radius 3 is 3.00 bits per heavy atom. The highest BCUT2D eigenvalue weighted by molar-refractivity contribution is 5.81. The van der Waals surface area contributed by atoms with E-state index in [1.54, 1.807) is 13.8 Å². The number of hydrogen-bond donors (Lipinski definition) is 0. The fourth-order valence-electron chi connectivity index (χ4n) is 2.23. The summed E-state index contributed by atoms with van der Waals surface area (Å²) < 4.78 is 4.93. The van der Waals surface area contributed by atoms with E-state index < -0.39 is 0 Å². The molecule has 0 aromatic carbocycles. The van der Waals surface area contributed by atoms with E-state index in [4.69, 9.17) is 4.52 Å². The smallest absolute Gasteiger partial charge is 0.223 e. The van der Waals surface area contributed by atoms with Gasteiger partial charge in [-0.3, -0.25) is 9.69 Å². The van der Waals surface area contributed by atoms with Crippen LogP contribution in [0, 0.1) is 6.92 Å². The Morgan fingerprint density at radius 2 is 2.38 bits per heavy atom. The third-order valence-corrected chi connectivity index (χ3v) is 3.00. The summed E-state index contributed by atoms with van der Waals surface area (Å²) in [6, 6.07) is 0.0348. The van der Waals surface area contributed by atoms with Crippen LogP contribution in [0.4, 0.5) is 0 Å². The highest BCUT2D eigenvalue weighted by Gasteiger charge is 2.26. The van der Waals surface area contributed by atoms with Gasteiger partial charge in [0, 0.05) is 6.92 Å². The van der Waals surface area contributed by atoms with Crippen LogP contribution in [0.25, 0.3) is 0 Å². The number of Topliss-reactive ketones (excluding diaryl/α,β-unsaturated/α-hetero) is 1. The SMILES string of the molecule is CC(=O)C1CCCCN1Cc1noc(C)n1. The lowest BCUT2D eigenvalue weighted by Gasteiger charge is -2.32. The van der Waals surface area contributed by atoms with E-state index in [1.165, 1.54) is 0 Å². The molecule has 0 radical (unpaired) electrons. The Bertz CT molecular complexity index is 375. The molecule has 88 valence electrons. The second kappa shape index (κ2) is 4.74. The van der Waals surface area contributed by atoms with Gasteiger partial charge in [0.1, 0.15) is 5.78 Å². The van der Waals surface area contributed by atoms with Crippen molar-refractivity contribution in [1.82, 2.24) is 15.0 Å². The van der Waals surface area contributed by atoms with Gasteiger partial charge >= 0.3 is 0 Å². The summed E-state index contributed by atoms with van der Waals surface area (Å²) in [5.41, 5.74) is 0. The van der Waals surface area contributed by atoms with E-state index in [0.717, 1.165) is 25.8 Å². The normalized spacial score (nSPS) is 22.2. The number of aryl methyl sites for hydroxylation is 1. The van der Waals surface area contributed by atoms with Crippen LogP contribution in [0.3, 0.4) is 0 Å². The quantitative estimate of drug-likeness (QED) is 0.773. The van der Waals surface area contributed by atoms with Crippen molar-refractivity contribution in [3.8, 4) is 0 Å². The van der Waals surface area contributed by atoms with Gasteiger partial charge in [0.05, 0.1) is 12.6 Å². The highest BCUT2D eigenvalue weighted by atomic mass is 16.5. The van der Waals surface area contributed by atoms with Crippen LogP contribution in [0.2, 0.25) is 0 Å². The number of likely N-dealkylation sites (tertiary alicyclic amines) is 1. The van der Waals surface area contributed by atoms with Crippen LogP contribution in [-0.2, 0) is 11.3 Å². The molecule has 16 heavy (non-hydrogen) atoms. The lowest BCUT2D eigenvalue weighted by atomic mass is 9.99. The van der Waals surface area contributed by atoms with Gasteiger partial charge < -0.3 is 4.52 Å². The Balaban J connectivity index is 2.03. The van der Waals surface area contributed by atoms with Gasteiger partial charge in [-0.05, 0) is 26.3 Å². The molecule has 1 fully saturated rings. The summed E-state index contributed by atoms with van der Waals surface area (Å²) in [4.78, 5) is 17.8. The molecule has 2 heterocycles. The van der Waals surface area contributed by atoms with E-state index >= 15 is 0 Å². The topological polar surface area (TPSA) is 59.2 Å². The second-order valence-corrected chi connectivity index (χ2v) is 4.32. The molecular weight excluding hydrogens is 206 g/mol. The fourth-order valence-corrected chi connectivity index (χ4v) is 2.23. The molecule has 0 saturated carbocycles. The Morgan fingerprint density at radius 1 is 1.56 bits per heavy atom. The minimum absolute atomic E-state index is 0.0348. The standard InChI is InChI=1S/C11H17N3O2/c1-8(15)10-5-3-4-6-14(10)7-11-12-9(2)16-13-11/h10H,3-7H2,1-2H3. The lowest BCUT2D eigenvalue weighted by Crippen LogP contribution is -2.43. The van der Waals surface area contributed by atoms with Crippen molar-refractivity contribution in [1.29, 1.82) is 0 Å². The van der Waals surface area contributed by atoms with Crippen molar-refractivity contribution < 1.29 is 9.32 Å². The summed E-state index contributed by atoms with van der Waals surface area (Å²) >= 11 is 0. The molecule has 0 amide bonds. The Labute approximate surface area is 94.8 Å². The molecule has 1 saturated heterocycles. The molecule has 2 rings (SSSR count). The van der Waals surface area contributed by atoms with Crippen molar-refractivity contribution in [3.05, 3.63) is 11.7 Å². The lowest BCUT2D eigenvalue weighted by molar-refractivity contribution is -0.123. The van der Waals surface area contributed by atoms with E-state index in [2.05, 4.69) is 15.0 Å². The van der Waals surface area contributed by atoms with Gasteiger partial charge in [-0.25, -0.2) is 0 Å². The Hall–Kier alpha value is -1.23. The molecule has 1 aromatic heterocycles. The first-order valence-electron chi connectivity index (χ1n) is 5.70. The average molecular weight is 223 g/mol. The number of piperidine rings is 1. The molecular formula is C11H17N3O2. The van der Waals surface area contributed by atoms with E-state index in [-0.39, 0.29) is 11.8 Å². The van der Waals surface area contributed by atoms with E-state index in [1.807, 2.05) is 0 Å². The molecule has 0 spiro atoms. The number of rotatable bonds is 3. The number of aromatic nitrogens is 2. The molecule has 1 aliphatic heterocycles. The number of ketones is 1. The first-order chi connectivity index (χ1) is 7.66. The maximum Gasteiger partial charge on any atom is 0.223 e. The van der Waals surface area contributed by atoms with Gasteiger partial charge in [0.25, 0.3) is 0 Å². The number of carbonyl (C=O) groups excluding carboxylic acids is 1. The third kappa shape index (κ3) is 2.47. The third-order valence-electron chi connectivity index (χ3n) is 3.00. The zero-order valence-corrected chi connectivity index (χ0v) is 9.77. The molecule has 0 bridgehead atoms. The minimum atomic E-state index is 0.0348. The van der Waals surface area contributed by atoms with Gasteiger partial charge in [-0.1, -0.05) is 11.6 Å². The van der Waals surface area contributed by atoms with Crippen molar-refractivity contribution >= 4 is 5.78 Å². The van der Waals surface area contributed by atoms with Crippen molar-refractivity contribution in [2.45, 2.75) is 45.7 Å². The van der Waals surface area contributed by atoms with Crippen LogP contribution < -0.4 is 0 Å². The largest absolute Gasteiger partial charge is 0.340 e. The summed E-state index contributed by atoms with van der Waals surface area (Å²) in [6.45, 7) is 4.99. The number of carbonyl (C=O) groups is 1. The van der Waals surface area contributed by atoms with Crippen molar-refractivity contribution in [2.75, 3.05) is 6.54 Å². The summed E-state index contributed by atoms with van der Waals surface area (Å²) in [5.74, 6) is 1.48. The molecule has 0 aliphatic carbocycles. The van der Waals surface area contributed by atoms with E-state index in [9.17, 15) is 4.79 Å². The molecule has 1 aliphatic rings. The van der Waals surface area contributed by atoms with Crippen LogP contribution in [0.1, 0.15) is 37.9 Å². The maximum absolute atomic E-state index is 11.5. The predicted octanol–water partition coefficient (Wildman–Crippen LogP) is 1.32. The first kappa shape index (κ1) is 11.3. The highest BCUT2D eigenvalue weighted by Crippen LogP contribution is 2.19. The molecule has 1 unspecified atom stereocenters. The van der Waals surface area contributed by atoms with Gasteiger partial charge in [-0.15, -0.1) is 0 Å². The fraction of sp³-hybridized carbons (Fsp3) is 0.727. The minimum Gasteiger partial charge on any atom is -0.340 e. The molecule has 1 aromatic rings. The summed E-state index contributed by atoms with van der Waals surface area (Å²) in [5, 5.41) is 3.86. The predicted molar refractivity (Wildman–Crippen MR) is 57.8 cm³/mol. The first-order valence-corrected chi connectivity index (χ1v) is 5.70. The maximum atomic E-state index is 11.5. The van der Waals surface area contributed by atoms with Crippen LogP contribution in [-0.4, -0.2) is 33.4 Å². The van der Waals surface area contributed by atoms with Gasteiger partial charge in [0.15, 0.2) is 5.82 Å². The van der Waals surface area contributed by atoms with Crippen LogP contribution >= 0.6 is 0 Å². The number of nitrogens with zero attached hydrogens (tertiary/aromatic N) is 3. The zero-order valence-electron chi connectivity index (χ0n) is 9.77. The van der Waals surface area contributed by atoms with Crippen molar-refractivity contribution in [2.24, 2.45) is 0 Å². The summed E-state index contributed by atoms with van der Waals surface area (Å²) in [6.07, 6.45) is 3.22. The molecule has 1 atom stereocenters. The average Bonchev–Trinajstić information content (AvgIpc) is 2.64. The van der Waals surface area contributed by atoms with Crippen LogP contribution in [0.15, 0.2) is 4.52 Å². The molecule has 0 N–H and O–H groups in total. The molecule has 5 heteroatoms. The number of hydrogen-bond acceptors (Lipinski definition) is 5. The van der Waals surface area contributed by atoms with E-state index in [0.29, 0.717) is 18.3 Å². The zero-order chi connectivity index (χ0) is 11.5. The Kier molecular flexibility index (Phi) is 3.33. The second-order valence-electron chi connectivity index (χ2n) is 4.32. The van der Waals surface area contributed by atoms with Gasteiger partial charge in [0.2, 0.25) is 5.89 Å². The molecule has 5 nitrogen and oxygen atoms in total. The van der Waals surface area contributed by atoms with Crippen molar-refractivity contribution in [3.63, 3.8) is 0 Å². The monoisotopic (exact) mass is 223 g/mol.